The maximum Gasteiger partial charge on any atom is 0.269 e. The fraction of sp³-hybridized carbons (Fsp3) is 0.158. The molecule has 5 nitrogen and oxygen atoms in total. The zero-order chi connectivity index (χ0) is 17.6. The number of benzene rings is 2. The number of aromatic nitrogens is 2. The Morgan fingerprint density at radius 1 is 1.16 bits per heavy atom. The summed E-state index contributed by atoms with van der Waals surface area (Å²) in [4.78, 5) is 12.2. The number of carbonyl (C=O) groups excluding carboxylic acids is 1. The molecule has 0 saturated heterocycles. The highest BCUT2D eigenvalue weighted by molar-refractivity contribution is 5.93. The minimum Gasteiger partial charge on any atom is -0.494 e. The van der Waals surface area contributed by atoms with Gasteiger partial charge in [0.05, 0.1) is 12.3 Å². The molecule has 3 aromatic rings. The first kappa shape index (κ1) is 16.7. The van der Waals surface area contributed by atoms with E-state index in [4.69, 9.17) is 4.74 Å². The van der Waals surface area contributed by atoms with Gasteiger partial charge in [0.2, 0.25) is 0 Å². The number of hydrogen-bond acceptors (Lipinski definition) is 3. The van der Waals surface area contributed by atoms with Gasteiger partial charge in [0, 0.05) is 12.1 Å². The molecule has 25 heavy (non-hydrogen) atoms. The van der Waals surface area contributed by atoms with Gasteiger partial charge < -0.3 is 10.1 Å². The number of hydrogen-bond donors (Lipinski definition) is 2. The predicted octanol–water partition coefficient (Wildman–Crippen LogP) is 3.54. The SMILES string of the molecule is CCOc1ccc(CNC(=O)c2cc(-c3ccc(F)cc3)n[nH]2)cc1. The number of amides is 1. The molecule has 0 aliphatic rings. The third-order valence-electron chi connectivity index (χ3n) is 3.65. The molecule has 2 aromatic carbocycles. The topological polar surface area (TPSA) is 67.0 Å². The molecule has 0 spiro atoms. The molecule has 1 amide bonds. The van der Waals surface area contributed by atoms with Gasteiger partial charge in [0.1, 0.15) is 17.3 Å². The van der Waals surface area contributed by atoms with Crippen LogP contribution in [0.4, 0.5) is 4.39 Å². The highest BCUT2D eigenvalue weighted by atomic mass is 19.1. The summed E-state index contributed by atoms with van der Waals surface area (Å²) in [5, 5.41) is 9.63. The molecule has 0 aliphatic heterocycles. The molecule has 0 radical (unpaired) electrons. The second kappa shape index (κ2) is 7.61. The molecule has 0 saturated carbocycles. The number of nitrogens with zero attached hydrogens (tertiary/aromatic N) is 1. The first-order chi connectivity index (χ1) is 12.2. The fourth-order valence-electron chi connectivity index (χ4n) is 2.35. The van der Waals surface area contributed by atoms with Crippen LogP contribution in [0.1, 0.15) is 23.0 Å². The summed E-state index contributed by atoms with van der Waals surface area (Å²) in [5.74, 6) is 0.234. The van der Waals surface area contributed by atoms with Gasteiger partial charge in [0.25, 0.3) is 5.91 Å². The van der Waals surface area contributed by atoms with Gasteiger partial charge in [-0.15, -0.1) is 0 Å². The lowest BCUT2D eigenvalue weighted by Crippen LogP contribution is -2.23. The molecular formula is C19H18FN3O2. The van der Waals surface area contributed by atoms with Crippen LogP contribution in [0.15, 0.2) is 54.6 Å². The predicted molar refractivity (Wildman–Crippen MR) is 92.8 cm³/mol. The number of carbonyl (C=O) groups is 1. The molecule has 1 heterocycles. The van der Waals surface area contributed by atoms with Crippen LogP contribution >= 0.6 is 0 Å². The van der Waals surface area contributed by atoms with Crippen LogP contribution in [0.3, 0.4) is 0 Å². The Hall–Kier alpha value is -3.15. The standard InChI is InChI=1S/C19H18FN3O2/c1-2-25-16-9-3-13(4-10-16)12-21-19(24)18-11-17(22-23-18)14-5-7-15(20)8-6-14/h3-11H,2,12H2,1H3,(H,21,24)(H,22,23). The Bertz CT molecular complexity index is 842. The fourth-order valence-corrected chi connectivity index (χ4v) is 2.35. The lowest BCUT2D eigenvalue weighted by atomic mass is 10.1. The zero-order valence-electron chi connectivity index (χ0n) is 13.8. The number of halogens is 1. The van der Waals surface area contributed by atoms with Gasteiger partial charge in [-0.25, -0.2) is 4.39 Å². The summed E-state index contributed by atoms with van der Waals surface area (Å²) >= 11 is 0. The number of aromatic amines is 1. The molecular weight excluding hydrogens is 321 g/mol. The van der Waals surface area contributed by atoms with E-state index in [0.29, 0.717) is 24.5 Å². The van der Waals surface area contributed by atoms with Crippen molar-refractivity contribution in [3.8, 4) is 17.0 Å². The lowest BCUT2D eigenvalue weighted by molar-refractivity contribution is 0.0946. The molecule has 0 unspecified atom stereocenters. The summed E-state index contributed by atoms with van der Waals surface area (Å²) < 4.78 is 18.3. The van der Waals surface area contributed by atoms with Crippen molar-refractivity contribution in [2.45, 2.75) is 13.5 Å². The second-order valence-corrected chi connectivity index (χ2v) is 5.43. The quantitative estimate of drug-likeness (QED) is 0.722. The summed E-state index contributed by atoms with van der Waals surface area (Å²) in [7, 11) is 0. The normalized spacial score (nSPS) is 10.5. The van der Waals surface area contributed by atoms with Gasteiger partial charge in [0.15, 0.2) is 0 Å². The summed E-state index contributed by atoms with van der Waals surface area (Å²) in [6, 6.07) is 15.1. The first-order valence-electron chi connectivity index (χ1n) is 7.97. The van der Waals surface area contributed by atoms with Crippen molar-refractivity contribution in [2.24, 2.45) is 0 Å². The summed E-state index contributed by atoms with van der Waals surface area (Å²) in [6.45, 7) is 2.95. The minimum atomic E-state index is -0.312. The van der Waals surface area contributed by atoms with Crippen molar-refractivity contribution in [3.63, 3.8) is 0 Å². The number of H-pyrrole nitrogens is 1. The third-order valence-corrected chi connectivity index (χ3v) is 3.65. The largest absolute Gasteiger partial charge is 0.494 e. The molecule has 6 heteroatoms. The molecule has 2 N–H and O–H groups in total. The van der Waals surface area contributed by atoms with Crippen LogP contribution in [0.5, 0.6) is 5.75 Å². The van der Waals surface area contributed by atoms with Crippen LogP contribution in [0, 0.1) is 5.82 Å². The highest BCUT2D eigenvalue weighted by Crippen LogP contribution is 2.18. The Balaban J connectivity index is 1.61. The summed E-state index contributed by atoms with van der Waals surface area (Å²) in [5.41, 5.74) is 2.65. The van der Waals surface area contributed by atoms with Crippen LogP contribution in [0.2, 0.25) is 0 Å². The molecule has 0 atom stereocenters. The van der Waals surface area contributed by atoms with Gasteiger partial charge in [-0.2, -0.15) is 5.10 Å². The van der Waals surface area contributed by atoms with Crippen molar-refractivity contribution in [2.75, 3.05) is 6.61 Å². The molecule has 0 fully saturated rings. The van der Waals surface area contributed by atoms with E-state index < -0.39 is 0 Å². The molecule has 1 aromatic heterocycles. The number of rotatable bonds is 6. The van der Waals surface area contributed by atoms with Gasteiger partial charge in [-0.3, -0.25) is 9.89 Å². The first-order valence-corrected chi connectivity index (χ1v) is 7.97. The van der Waals surface area contributed by atoms with E-state index >= 15 is 0 Å². The van der Waals surface area contributed by atoms with E-state index in [2.05, 4.69) is 15.5 Å². The van der Waals surface area contributed by atoms with Gasteiger partial charge >= 0.3 is 0 Å². The van der Waals surface area contributed by atoms with Crippen molar-refractivity contribution < 1.29 is 13.9 Å². The van der Waals surface area contributed by atoms with E-state index in [9.17, 15) is 9.18 Å². The van der Waals surface area contributed by atoms with Crippen LogP contribution in [-0.2, 0) is 6.54 Å². The Morgan fingerprint density at radius 2 is 1.88 bits per heavy atom. The van der Waals surface area contributed by atoms with E-state index in [1.165, 1.54) is 12.1 Å². The Morgan fingerprint density at radius 3 is 2.56 bits per heavy atom. The molecule has 0 bridgehead atoms. The number of nitrogens with one attached hydrogen (secondary N) is 2. The Kier molecular flexibility index (Phi) is 5.09. The van der Waals surface area contributed by atoms with Crippen molar-refractivity contribution in [1.82, 2.24) is 15.5 Å². The molecule has 3 rings (SSSR count). The van der Waals surface area contributed by atoms with E-state index in [-0.39, 0.29) is 11.7 Å². The smallest absolute Gasteiger partial charge is 0.269 e. The molecule has 0 aliphatic carbocycles. The average Bonchev–Trinajstić information content (AvgIpc) is 3.12. The van der Waals surface area contributed by atoms with Crippen molar-refractivity contribution in [1.29, 1.82) is 0 Å². The van der Waals surface area contributed by atoms with E-state index in [1.54, 1.807) is 18.2 Å². The summed E-state index contributed by atoms with van der Waals surface area (Å²) in [6.07, 6.45) is 0. The lowest BCUT2D eigenvalue weighted by Gasteiger charge is -2.06. The van der Waals surface area contributed by atoms with Gasteiger partial charge in [-0.1, -0.05) is 12.1 Å². The van der Waals surface area contributed by atoms with Crippen LogP contribution in [-0.4, -0.2) is 22.7 Å². The van der Waals surface area contributed by atoms with Gasteiger partial charge in [-0.05, 0) is 55.0 Å². The van der Waals surface area contributed by atoms with Crippen LogP contribution < -0.4 is 10.1 Å². The molecule has 128 valence electrons. The average molecular weight is 339 g/mol. The number of ether oxygens (including phenoxy) is 1. The Labute approximate surface area is 144 Å². The maximum absolute atomic E-state index is 13.0. The monoisotopic (exact) mass is 339 g/mol. The van der Waals surface area contributed by atoms with Crippen LogP contribution in [0.25, 0.3) is 11.3 Å². The zero-order valence-corrected chi connectivity index (χ0v) is 13.8. The van der Waals surface area contributed by atoms with E-state index in [0.717, 1.165) is 16.9 Å². The van der Waals surface area contributed by atoms with Crippen molar-refractivity contribution in [3.05, 3.63) is 71.7 Å². The maximum atomic E-state index is 13.0. The third kappa shape index (κ3) is 4.23. The second-order valence-electron chi connectivity index (χ2n) is 5.43. The highest BCUT2D eigenvalue weighted by Gasteiger charge is 2.11. The van der Waals surface area contributed by atoms with Crippen molar-refractivity contribution >= 4 is 5.91 Å². The minimum absolute atomic E-state index is 0.255. The van der Waals surface area contributed by atoms with E-state index in [1.807, 2.05) is 31.2 Å².